The number of benzene rings is 2. The lowest BCUT2D eigenvalue weighted by molar-refractivity contribution is -0.137. The van der Waals surface area contributed by atoms with Crippen molar-refractivity contribution in [3.05, 3.63) is 59.2 Å². The van der Waals surface area contributed by atoms with E-state index < -0.39 is 17.8 Å². The largest absolute Gasteiger partial charge is 0.454 e. The van der Waals surface area contributed by atoms with Crippen LogP contribution in [-0.4, -0.2) is 37.3 Å². The highest BCUT2D eigenvalue weighted by Crippen LogP contribution is 2.34. The van der Waals surface area contributed by atoms with Crippen LogP contribution < -0.4 is 9.47 Å². The number of fused-ring (bicyclic) bond motifs is 1. The van der Waals surface area contributed by atoms with Gasteiger partial charge in [-0.05, 0) is 35.9 Å². The van der Waals surface area contributed by atoms with E-state index in [9.17, 15) is 18.0 Å². The second-order valence-corrected chi connectivity index (χ2v) is 6.30. The fraction of sp³-hybridized carbons (Fsp3) is 0.316. The predicted molar refractivity (Wildman–Crippen MR) is 88.6 cm³/mol. The summed E-state index contributed by atoms with van der Waals surface area (Å²) in [5.74, 6) is 0.929. The number of hydrogen-bond donors (Lipinski definition) is 0. The first-order valence-electron chi connectivity index (χ1n) is 8.39. The summed E-state index contributed by atoms with van der Waals surface area (Å²) in [7, 11) is 0. The van der Waals surface area contributed by atoms with Crippen LogP contribution in [0.4, 0.5) is 13.2 Å². The highest BCUT2D eigenvalue weighted by molar-refractivity contribution is 5.95. The van der Waals surface area contributed by atoms with Crippen LogP contribution in [0.5, 0.6) is 11.5 Å². The number of carbonyl (C=O) groups is 1. The molecule has 2 aromatic carbocycles. The van der Waals surface area contributed by atoms with Crippen molar-refractivity contribution in [3.63, 3.8) is 0 Å². The zero-order valence-electron chi connectivity index (χ0n) is 14.2. The molecule has 2 heterocycles. The van der Waals surface area contributed by atoms with E-state index in [1.54, 1.807) is 23.1 Å². The van der Waals surface area contributed by atoms with Crippen molar-refractivity contribution in [3.8, 4) is 11.5 Å². The molecular formula is C19H16F3NO4. The molecule has 0 N–H and O–H groups in total. The molecule has 8 heteroatoms. The molecule has 1 fully saturated rings. The highest BCUT2D eigenvalue weighted by Gasteiger charge is 2.31. The lowest BCUT2D eigenvalue weighted by Crippen LogP contribution is -2.42. The fourth-order valence-electron chi connectivity index (χ4n) is 3.13. The number of alkyl halides is 3. The molecule has 0 radical (unpaired) electrons. The lowest BCUT2D eigenvalue weighted by atomic mass is 10.0. The fourth-order valence-corrected chi connectivity index (χ4v) is 3.13. The smallest absolute Gasteiger partial charge is 0.416 e. The third-order valence-corrected chi connectivity index (χ3v) is 4.58. The van der Waals surface area contributed by atoms with Gasteiger partial charge in [0.1, 0.15) is 6.10 Å². The number of morpholine rings is 1. The number of amides is 1. The van der Waals surface area contributed by atoms with E-state index in [1.165, 1.54) is 12.1 Å². The molecule has 0 spiro atoms. The maximum atomic E-state index is 12.8. The summed E-state index contributed by atoms with van der Waals surface area (Å²) in [6.45, 7) is 1.10. The molecule has 4 rings (SSSR count). The number of rotatable bonds is 2. The van der Waals surface area contributed by atoms with Crippen LogP contribution in [0.1, 0.15) is 27.6 Å². The van der Waals surface area contributed by atoms with Gasteiger partial charge in [-0.15, -0.1) is 0 Å². The first-order chi connectivity index (χ1) is 12.9. The Morgan fingerprint density at radius 2 is 1.78 bits per heavy atom. The Balaban J connectivity index is 1.48. The van der Waals surface area contributed by atoms with Crippen molar-refractivity contribution in [1.82, 2.24) is 4.90 Å². The topological polar surface area (TPSA) is 48.0 Å². The third kappa shape index (κ3) is 3.57. The molecule has 1 atom stereocenters. The molecule has 1 saturated heterocycles. The van der Waals surface area contributed by atoms with Crippen LogP contribution in [0, 0.1) is 0 Å². The second-order valence-electron chi connectivity index (χ2n) is 6.30. The van der Waals surface area contributed by atoms with Crippen LogP contribution in [0.2, 0.25) is 0 Å². The molecule has 5 nitrogen and oxygen atoms in total. The summed E-state index contributed by atoms with van der Waals surface area (Å²) in [5.41, 5.74) is 0.355. The van der Waals surface area contributed by atoms with E-state index in [1.807, 2.05) is 0 Å². The number of nitrogens with zero attached hydrogens (tertiary/aromatic N) is 1. The zero-order valence-corrected chi connectivity index (χ0v) is 14.2. The normalized spacial score (nSPS) is 19.2. The SMILES string of the molecule is O=C(c1ccc2c(c1)OCO2)N1CCOC(c2ccc(C(F)(F)F)cc2)C1. The van der Waals surface area contributed by atoms with Gasteiger partial charge in [-0.3, -0.25) is 4.79 Å². The van der Waals surface area contributed by atoms with E-state index in [0.717, 1.165) is 12.1 Å². The number of carbonyl (C=O) groups excluding carboxylic acids is 1. The average Bonchev–Trinajstić information content (AvgIpc) is 3.15. The molecule has 0 bridgehead atoms. The van der Waals surface area contributed by atoms with E-state index in [4.69, 9.17) is 14.2 Å². The molecule has 1 unspecified atom stereocenters. The molecule has 2 aliphatic rings. The molecule has 2 aliphatic heterocycles. The average molecular weight is 379 g/mol. The summed E-state index contributed by atoms with van der Waals surface area (Å²) in [6, 6.07) is 9.81. The summed E-state index contributed by atoms with van der Waals surface area (Å²) in [4.78, 5) is 14.4. The van der Waals surface area contributed by atoms with E-state index in [2.05, 4.69) is 0 Å². The molecule has 0 aromatic heterocycles. The van der Waals surface area contributed by atoms with Crippen LogP contribution in [0.3, 0.4) is 0 Å². The summed E-state index contributed by atoms with van der Waals surface area (Å²) >= 11 is 0. The molecule has 27 heavy (non-hydrogen) atoms. The van der Waals surface area contributed by atoms with E-state index in [0.29, 0.717) is 35.8 Å². The van der Waals surface area contributed by atoms with E-state index >= 15 is 0 Å². The minimum atomic E-state index is -4.38. The Hall–Kier alpha value is -2.74. The van der Waals surface area contributed by atoms with Crippen LogP contribution >= 0.6 is 0 Å². The predicted octanol–water partition coefficient (Wildman–Crippen LogP) is 3.65. The van der Waals surface area contributed by atoms with Crippen molar-refractivity contribution in [2.75, 3.05) is 26.5 Å². The Bertz CT molecular complexity index is 851. The maximum Gasteiger partial charge on any atom is 0.416 e. The van der Waals surface area contributed by atoms with Gasteiger partial charge in [0, 0.05) is 12.1 Å². The molecule has 0 aliphatic carbocycles. The van der Waals surface area contributed by atoms with Gasteiger partial charge in [0.15, 0.2) is 11.5 Å². The van der Waals surface area contributed by atoms with Crippen LogP contribution in [-0.2, 0) is 10.9 Å². The third-order valence-electron chi connectivity index (χ3n) is 4.58. The molecular weight excluding hydrogens is 363 g/mol. The monoisotopic (exact) mass is 379 g/mol. The number of ether oxygens (including phenoxy) is 3. The Morgan fingerprint density at radius 1 is 1.04 bits per heavy atom. The van der Waals surface area contributed by atoms with Crippen molar-refractivity contribution in [2.24, 2.45) is 0 Å². The van der Waals surface area contributed by atoms with Gasteiger partial charge in [-0.1, -0.05) is 12.1 Å². The first-order valence-corrected chi connectivity index (χ1v) is 8.39. The maximum absolute atomic E-state index is 12.8. The van der Waals surface area contributed by atoms with Gasteiger partial charge in [-0.2, -0.15) is 13.2 Å². The standard InChI is InChI=1S/C19H16F3NO4/c20-19(21,22)14-4-1-12(2-5-14)17-10-23(7-8-25-17)18(24)13-3-6-15-16(9-13)27-11-26-15/h1-6,9,17H,7-8,10-11H2. The Kier molecular flexibility index (Phi) is 4.43. The minimum absolute atomic E-state index is 0.126. The van der Waals surface area contributed by atoms with Crippen LogP contribution in [0.15, 0.2) is 42.5 Å². The first kappa shape index (κ1) is 17.7. The van der Waals surface area contributed by atoms with Crippen molar-refractivity contribution < 1.29 is 32.2 Å². The van der Waals surface area contributed by atoms with Crippen molar-refractivity contribution in [2.45, 2.75) is 12.3 Å². The molecule has 2 aromatic rings. The molecule has 1 amide bonds. The summed E-state index contributed by atoms with van der Waals surface area (Å²) in [6.07, 6.45) is -4.85. The van der Waals surface area contributed by atoms with Crippen LogP contribution in [0.25, 0.3) is 0 Å². The highest BCUT2D eigenvalue weighted by atomic mass is 19.4. The minimum Gasteiger partial charge on any atom is -0.454 e. The Morgan fingerprint density at radius 3 is 2.52 bits per heavy atom. The van der Waals surface area contributed by atoms with Crippen molar-refractivity contribution >= 4 is 5.91 Å². The van der Waals surface area contributed by atoms with Gasteiger partial charge in [0.2, 0.25) is 6.79 Å². The number of hydrogen-bond acceptors (Lipinski definition) is 4. The quantitative estimate of drug-likeness (QED) is 0.799. The lowest BCUT2D eigenvalue weighted by Gasteiger charge is -2.33. The summed E-state index contributed by atoms with van der Waals surface area (Å²) in [5, 5.41) is 0. The van der Waals surface area contributed by atoms with E-state index in [-0.39, 0.29) is 19.2 Å². The molecule has 142 valence electrons. The summed E-state index contributed by atoms with van der Waals surface area (Å²) < 4.78 is 54.3. The Labute approximate surface area is 153 Å². The second kappa shape index (κ2) is 6.77. The van der Waals surface area contributed by atoms with Crippen molar-refractivity contribution in [1.29, 1.82) is 0 Å². The van der Waals surface area contributed by atoms with Gasteiger partial charge in [0.05, 0.1) is 18.7 Å². The molecule has 0 saturated carbocycles. The van der Waals surface area contributed by atoms with Gasteiger partial charge in [0.25, 0.3) is 5.91 Å². The zero-order chi connectivity index (χ0) is 19.0. The van der Waals surface area contributed by atoms with Gasteiger partial charge < -0.3 is 19.1 Å². The number of halogens is 3. The van der Waals surface area contributed by atoms with Gasteiger partial charge >= 0.3 is 6.18 Å². The van der Waals surface area contributed by atoms with Gasteiger partial charge in [-0.25, -0.2) is 0 Å².